The van der Waals surface area contributed by atoms with Crippen LogP contribution in [-0.2, 0) is 4.79 Å². The Kier molecular flexibility index (Phi) is 4.98. The number of nitrogens with zero attached hydrogens (tertiary/aromatic N) is 1. The van der Waals surface area contributed by atoms with Gasteiger partial charge in [0.25, 0.3) is 0 Å². The van der Waals surface area contributed by atoms with E-state index in [4.69, 9.17) is 0 Å². The maximum absolute atomic E-state index is 12.1. The van der Waals surface area contributed by atoms with Crippen LogP contribution in [0.15, 0.2) is 0 Å². The second-order valence-electron chi connectivity index (χ2n) is 7.22. The molecule has 114 valence electrons. The molecule has 1 heterocycles. The van der Waals surface area contributed by atoms with Crippen molar-refractivity contribution in [1.29, 1.82) is 0 Å². The second-order valence-corrected chi connectivity index (χ2v) is 7.22. The highest BCUT2D eigenvalue weighted by molar-refractivity contribution is 5.79. The highest BCUT2D eigenvalue weighted by Crippen LogP contribution is 2.27. The molecule has 1 saturated heterocycles. The Morgan fingerprint density at radius 1 is 0.900 bits per heavy atom. The van der Waals surface area contributed by atoms with Gasteiger partial charge in [0.2, 0.25) is 5.91 Å². The molecule has 3 rings (SSSR count). The highest BCUT2D eigenvalue weighted by atomic mass is 16.1. The van der Waals surface area contributed by atoms with E-state index >= 15 is 0 Å². The van der Waals surface area contributed by atoms with Gasteiger partial charge < -0.3 is 10.2 Å². The quantitative estimate of drug-likeness (QED) is 0.857. The summed E-state index contributed by atoms with van der Waals surface area (Å²) >= 11 is 0. The van der Waals surface area contributed by atoms with Crippen molar-refractivity contribution in [3.05, 3.63) is 0 Å². The molecule has 0 aromatic heterocycles. The van der Waals surface area contributed by atoms with Gasteiger partial charge in [0, 0.05) is 31.6 Å². The third-order valence-electron chi connectivity index (χ3n) is 5.65. The van der Waals surface area contributed by atoms with Crippen LogP contribution < -0.4 is 5.32 Å². The zero-order chi connectivity index (χ0) is 13.8. The smallest absolute Gasteiger partial charge is 0.223 e. The first-order chi connectivity index (χ1) is 9.81. The maximum Gasteiger partial charge on any atom is 0.223 e. The van der Waals surface area contributed by atoms with Crippen molar-refractivity contribution in [2.75, 3.05) is 19.6 Å². The van der Waals surface area contributed by atoms with Crippen LogP contribution in [0.3, 0.4) is 0 Å². The molecule has 0 unspecified atom stereocenters. The Morgan fingerprint density at radius 2 is 1.50 bits per heavy atom. The number of amides is 1. The SMILES string of the molecule is O=C(NC1CCN(CC2CCCC2)CC1)C1CCCC1. The summed E-state index contributed by atoms with van der Waals surface area (Å²) in [6, 6.07) is 0.447. The Balaban J connectivity index is 1.36. The van der Waals surface area contributed by atoms with Crippen LogP contribution in [0.5, 0.6) is 0 Å². The monoisotopic (exact) mass is 278 g/mol. The van der Waals surface area contributed by atoms with Gasteiger partial charge in [-0.15, -0.1) is 0 Å². The van der Waals surface area contributed by atoms with Crippen molar-refractivity contribution in [1.82, 2.24) is 10.2 Å². The zero-order valence-corrected chi connectivity index (χ0v) is 12.8. The first-order valence-electron chi connectivity index (χ1n) is 8.84. The molecule has 0 spiro atoms. The minimum Gasteiger partial charge on any atom is -0.353 e. The van der Waals surface area contributed by atoms with Gasteiger partial charge in [0.15, 0.2) is 0 Å². The third-order valence-corrected chi connectivity index (χ3v) is 5.65. The van der Waals surface area contributed by atoms with Crippen LogP contribution in [0.4, 0.5) is 0 Å². The van der Waals surface area contributed by atoms with Gasteiger partial charge in [-0.2, -0.15) is 0 Å². The molecule has 0 bridgehead atoms. The Bertz CT molecular complexity index is 311. The Labute approximate surface area is 123 Å². The summed E-state index contributed by atoms with van der Waals surface area (Å²) in [4.78, 5) is 14.8. The van der Waals surface area contributed by atoms with E-state index in [0.717, 1.165) is 31.6 Å². The van der Waals surface area contributed by atoms with Gasteiger partial charge in [0.1, 0.15) is 0 Å². The second kappa shape index (κ2) is 6.93. The molecule has 3 aliphatic rings. The van der Waals surface area contributed by atoms with E-state index in [9.17, 15) is 4.79 Å². The van der Waals surface area contributed by atoms with E-state index < -0.39 is 0 Å². The van der Waals surface area contributed by atoms with E-state index in [0.29, 0.717) is 17.9 Å². The molecule has 3 heteroatoms. The molecule has 2 aliphatic carbocycles. The molecular weight excluding hydrogens is 248 g/mol. The highest BCUT2D eigenvalue weighted by Gasteiger charge is 2.27. The van der Waals surface area contributed by atoms with Gasteiger partial charge in [0.05, 0.1) is 0 Å². The molecule has 3 nitrogen and oxygen atoms in total. The summed E-state index contributed by atoms with van der Waals surface area (Å²) < 4.78 is 0. The van der Waals surface area contributed by atoms with Gasteiger partial charge in [-0.3, -0.25) is 4.79 Å². The molecule has 1 N–H and O–H groups in total. The Hall–Kier alpha value is -0.570. The molecule has 1 amide bonds. The fourth-order valence-corrected chi connectivity index (χ4v) is 4.32. The van der Waals surface area contributed by atoms with Crippen molar-refractivity contribution >= 4 is 5.91 Å². The third kappa shape index (κ3) is 3.75. The molecule has 0 radical (unpaired) electrons. The lowest BCUT2D eigenvalue weighted by molar-refractivity contribution is -0.125. The molecule has 0 aromatic rings. The number of likely N-dealkylation sites (tertiary alicyclic amines) is 1. The minimum atomic E-state index is 0.325. The molecule has 2 saturated carbocycles. The average Bonchev–Trinajstić information content (AvgIpc) is 3.13. The number of hydrogen-bond donors (Lipinski definition) is 1. The Morgan fingerprint density at radius 3 is 2.15 bits per heavy atom. The van der Waals surface area contributed by atoms with Crippen molar-refractivity contribution in [3.63, 3.8) is 0 Å². The number of nitrogens with one attached hydrogen (secondary N) is 1. The lowest BCUT2D eigenvalue weighted by Gasteiger charge is -2.34. The lowest BCUT2D eigenvalue weighted by Crippen LogP contribution is -2.46. The van der Waals surface area contributed by atoms with E-state index in [1.165, 1.54) is 58.2 Å². The molecule has 0 aromatic carbocycles. The number of hydrogen-bond acceptors (Lipinski definition) is 2. The molecule has 1 aliphatic heterocycles. The van der Waals surface area contributed by atoms with E-state index in [1.807, 2.05) is 0 Å². The fourth-order valence-electron chi connectivity index (χ4n) is 4.32. The summed E-state index contributed by atoms with van der Waals surface area (Å²) in [7, 11) is 0. The fraction of sp³-hybridized carbons (Fsp3) is 0.941. The largest absolute Gasteiger partial charge is 0.353 e. The van der Waals surface area contributed by atoms with Crippen LogP contribution in [0.1, 0.15) is 64.2 Å². The normalized spacial score (nSPS) is 27.2. The van der Waals surface area contributed by atoms with Crippen molar-refractivity contribution < 1.29 is 4.79 Å². The first-order valence-corrected chi connectivity index (χ1v) is 8.84. The minimum absolute atomic E-state index is 0.325. The van der Waals surface area contributed by atoms with E-state index in [1.54, 1.807) is 0 Å². The molecular formula is C17H30N2O. The van der Waals surface area contributed by atoms with Gasteiger partial charge in [-0.25, -0.2) is 0 Å². The number of piperidine rings is 1. The number of rotatable bonds is 4. The molecule has 20 heavy (non-hydrogen) atoms. The standard InChI is InChI=1S/C17H30N2O/c20-17(15-7-3-4-8-15)18-16-9-11-19(12-10-16)13-14-5-1-2-6-14/h14-16H,1-13H2,(H,18,20). The van der Waals surface area contributed by atoms with Crippen LogP contribution in [0.25, 0.3) is 0 Å². The topological polar surface area (TPSA) is 32.3 Å². The average molecular weight is 278 g/mol. The van der Waals surface area contributed by atoms with Crippen LogP contribution in [0, 0.1) is 11.8 Å². The van der Waals surface area contributed by atoms with Crippen molar-refractivity contribution in [2.45, 2.75) is 70.3 Å². The van der Waals surface area contributed by atoms with Gasteiger partial charge >= 0.3 is 0 Å². The van der Waals surface area contributed by atoms with Crippen LogP contribution in [0.2, 0.25) is 0 Å². The van der Waals surface area contributed by atoms with Gasteiger partial charge in [-0.1, -0.05) is 25.7 Å². The summed E-state index contributed by atoms with van der Waals surface area (Å²) in [5, 5.41) is 3.31. The van der Waals surface area contributed by atoms with E-state index in [-0.39, 0.29) is 0 Å². The number of carbonyl (C=O) groups is 1. The summed E-state index contributed by atoms with van der Waals surface area (Å²) in [6.07, 6.45) is 12.8. The summed E-state index contributed by atoms with van der Waals surface area (Å²) in [6.45, 7) is 3.68. The lowest BCUT2D eigenvalue weighted by atomic mass is 10.0. The summed E-state index contributed by atoms with van der Waals surface area (Å²) in [5.41, 5.74) is 0. The predicted octanol–water partition coefficient (Wildman–Crippen LogP) is 2.95. The van der Waals surface area contributed by atoms with Crippen molar-refractivity contribution in [2.24, 2.45) is 11.8 Å². The molecule has 3 fully saturated rings. The number of carbonyl (C=O) groups excluding carboxylic acids is 1. The van der Waals surface area contributed by atoms with Gasteiger partial charge in [-0.05, 0) is 44.4 Å². The van der Waals surface area contributed by atoms with Crippen molar-refractivity contribution in [3.8, 4) is 0 Å². The maximum atomic E-state index is 12.1. The summed E-state index contributed by atoms with van der Waals surface area (Å²) in [5.74, 6) is 1.63. The predicted molar refractivity (Wildman–Crippen MR) is 81.5 cm³/mol. The molecule has 0 atom stereocenters. The van der Waals surface area contributed by atoms with Crippen LogP contribution in [-0.4, -0.2) is 36.5 Å². The van der Waals surface area contributed by atoms with Crippen LogP contribution >= 0.6 is 0 Å². The van der Waals surface area contributed by atoms with E-state index in [2.05, 4.69) is 10.2 Å². The zero-order valence-electron chi connectivity index (χ0n) is 12.8. The first kappa shape index (κ1) is 14.4.